The first kappa shape index (κ1) is 16.0. The maximum atomic E-state index is 5.40. The number of hydrogen-bond acceptors (Lipinski definition) is 7. The summed E-state index contributed by atoms with van der Waals surface area (Å²) in [6.07, 6.45) is 2.97. The van der Waals surface area contributed by atoms with Crippen molar-refractivity contribution in [1.29, 1.82) is 0 Å². The van der Waals surface area contributed by atoms with Gasteiger partial charge in [-0.1, -0.05) is 40.6 Å². The first-order chi connectivity index (χ1) is 12.3. The summed E-state index contributed by atoms with van der Waals surface area (Å²) in [6.45, 7) is 4.75. The summed E-state index contributed by atoms with van der Waals surface area (Å²) in [5, 5.41) is 7.98. The van der Waals surface area contributed by atoms with Crippen molar-refractivity contribution in [3.63, 3.8) is 0 Å². The molecule has 0 aliphatic carbocycles. The van der Waals surface area contributed by atoms with Crippen LogP contribution < -0.4 is 0 Å². The molecule has 4 rings (SSSR count). The lowest BCUT2D eigenvalue weighted by Crippen LogP contribution is -2.36. The molecule has 0 bridgehead atoms. The summed E-state index contributed by atoms with van der Waals surface area (Å²) in [5.41, 5.74) is 0.974. The SMILES string of the molecule is Cc1noc(C2CCCN(CCc3nc(-c4ccccc4)no3)C2)n1. The number of nitrogens with zero attached hydrogens (tertiary/aromatic N) is 5. The molecule has 3 heterocycles. The maximum absolute atomic E-state index is 5.40. The van der Waals surface area contributed by atoms with Gasteiger partial charge in [0.25, 0.3) is 0 Å². The van der Waals surface area contributed by atoms with Crippen molar-refractivity contribution in [3.8, 4) is 11.4 Å². The quantitative estimate of drug-likeness (QED) is 0.707. The fourth-order valence-corrected chi connectivity index (χ4v) is 3.25. The van der Waals surface area contributed by atoms with Gasteiger partial charge in [0.1, 0.15) is 0 Å². The van der Waals surface area contributed by atoms with Crippen molar-refractivity contribution >= 4 is 0 Å². The number of benzene rings is 1. The molecule has 7 heteroatoms. The molecule has 0 saturated carbocycles. The smallest absolute Gasteiger partial charge is 0.231 e. The van der Waals surface area contributed by atoms with E-state index in [1.807, 2.05) is 37.3 Å². The van der Waals surface area contributed by atoms with E-state index in [0.29, 0.717) is 23.5 Å². The predicted molar refractivity (Wildman–Crippen MR) is 90.9 cm³/mol. The number of hydrogen-bond donors (Lipinski definition) is 0. The van der Waals surface area contributed by atoms with E-state index in [1.54, 1.807) is 0 Å². The molecule has 7 nitrogen and oxygen atoms in total. The van der Waals surface area contributed by atoms with Gasteiger partial charge in [0.2, 0.25) is 17.6 Å². The molecule has 1 saturated heterocycles. The molecule has 130 valence electrons. The molecular weight excluding hydrogens is 318 g/mol. The van der Waals surface area contributed by atoms with Crippen LogP contribution in [0, 0.1) is 6.92 Å². The highest BCUT2D eigenvalue weighted by atomic mass is 16.5. The van der Waals surface area contributed by atoms with Gasteiger partial charge in [-0.3, -0.25) is 0 Å². The van der Waals surface area contributed by atoms with Gasteiger partial charge in [-0.15, -0.1) is 0 Å². The summed E-state index contributed by atoms with van der Waals surface area (Å²) in [7, 11) is 0. The van der Waals surface area contributed by atoms with Crippen molar-refractivity contribution in [1.82, 2.24) is 25.2 Å². The highest BCUT2D eigenvalue weighted by molar-refractivity contribution is 5.53. The van der Waals surface area contributed by atoms with Crippen LogP contribution in [0.4, 0.5) is 0 Å². The molecule has 0 radical (unpaired) electrons. The Labute approximate surface area is 146 Å². The Morgan fingerprint density at radius 2 is 2.00 bits per heavy atom. The van der Waals surface area contributed by atoms with Crippen molar-refractivity contribution in [2.45, 2.75) is 32.1 Å². The molecule has 0 N–H and O–H groups in total. The Bertz CT molecular complexity index is 814. The molecule has 0 spiro atoms. The van der Waals surface area contributed by atoms with Gasteiger partial charge in [0, 0.05) is 25.1 Å². The first-order valence-electron chi connectivity index (χ1n) is 8.68. The Hall–Kier alpha value is -2.54. The third-order valence-corrected chi connectivity index (χ3v) is 4.54. The van der Waals surface area contributed by atoms with Crippen LogP contribution in [-0.2, 0) is 6.42 Å². The second kappa shape index (κ2) is 7.14. The Kier molecular flexibility index (Phi) is 4.56. The van der Waals surface area contributed by atoms with Gasteiger partial charge >= 0.3 is 0 Å². The van der Waals surface area contributed by atoms with Gasteiger partial charge < -0.3 is 13.9 Å². The number of piperidine rings is 1. The average Bonchev–Trinajstić information content (AvgIpc) is 3.30. The maximum Gasteiger partial charge on any atom is 0.231 e. The Balaban J connectivity index is 1.34. The van der Waals surface area contributed by atoms with Gasteiger partial charge in [-0.2, -0.15) is 9.97 Å². The third-order valence-electron chi connectivity index (χ3n) is 4.54. The van der Waals surface area contributed by atoms with Crippen molar-refractivity contribution in [2.75, 3.05) is 19.6 Å². The Morgan fingerprint density at radius 3 is 2.80 bits per heavy atom. The zero-order chi connectivity index (χ0) is 17.1. The predicted octanol–water partition coefficient (Wildman–Crippen LogP) is 2.85. The van der Waals surface area contributed by atoms with Crippen LogP contribution in [-0.4, -0.2) is 44.8 Å². The lowest BCUT2D eigenvalue weighted by molar-refractivity contribution is 0.184. The van der Waals surface area contributed by atoms with E-state index >= 15 is 0 Å². The fraction of sp³-hybridized carbons (Fsp3) is 0.444. The molecule has 25 heavy (non-hydrogen) atoms. The van der Waals surface area contributed by atoms with Crippen LogP contribution >= 0.6 is 0 Å². The summed E-state index contributed by atoms with van der Waals surface area (Å²) < 4.78 is 10.7. The zero-order valence-electron chi connectivity index (χ0n) is 14.3. The van der Waals surface area contributed by atoms with Gasteiger partial charge in [-0.05, 0) is 26.3 Å². The van der Waals surface area contributed by atoms with Gasteiger partial charge in [-0.25, -0.2) is 0 Å². The van der Waals surface area contributed by atoms with E-state index in [0.717, 1.165) is 50.4 Å². The molecule has 1 aliphatic heterocycles. The van der Waals surface area contributed by atoms with Crippen molar-refractivity contribution in [2.24, 2.45) is 0 Å². The standard InChI is InChI=1S/C18H21N5O2/c1-13-19-18(25-21-13)15-8-5-10-23(12-15)11-9-16-20-17(22-24-16)14-6-3-2-4-7-14/h2-4,6-7,15H,5,8-12H2,1H3. The van der Waals surface area contributed by atoms with Gasteiger partial charge in [0.05, 0.1) is 5.92 Å². The number of likely N-dealkylation sites (tertiary alicyclic amines) is 1. The van der Waals surface area contributed by atoms with E-state index in [2.05, 4.69) is 25.2 Å². The molecule has 0 amide bonds. The van der Waals surface area contributed by atoms with Crippen LogP contribution in [0.25, 0.3) is 11.4 Å². The molecule has 1 unspecified atom stereocenters. The number of rotatable bonds is 5. The number of aryl methyl sites for hydroxylation is 1. The Morgan fingerprint density at radius 1 is 1.12 bits per heavy atom. The second-order valence-corrected chi connectivity index (χ2v) is 6.45. The molecule has 1 aromatic carbocycles. The van der Waals surface area contributed by atoms with E-state index in [4.69, 9.17) is 9.05 Å². The monoisotopic (exact) mass is 339 g/mol. The second-order valence-electron chi connectivity index (χ2n) is 6.45. The zero-order valence-corrected chi connectivity index (χ0v) is 14.3. The summed E-state index contributed by atoms with van der Waals surface area (Å²) in [5.74, 6) is 3.10. The lowest BCUT2D eigenvalue weighted by Gasteiger charge is -2.30. The largest absolute Gasteiger partial charge is 0.339 e. The van der Waals surface area contributed by atoms with E-state index in [-0.39, 0.29) is 0 Å². The van der Waals surface area contributed by atoms with E-state index in [9.17, 15) is 0 Å². The molecular formula is C18H21N5O2. The number of aromatic nitrogens is 4. The van der Waals surface area contributed by atoms with Crippen LogP contribution in [0.2, 0.25) is 0 Å². The van der Waals surface area contributed by atoms with Crippen molar-refractivity contribution in [3.05, 3.63) is 47.9 Å². The van der Waals surface area contributed by atoms with Crippen LogP contribution in [0.1, 0.15) is 36.4 Å². The normalized spacial score (nSPS) is 18.5. The summed E-state index contributed by atoms with van der Waals surface area (Å²) >= 11 is 0. The van der Waals surface area contributed by atoms with Crippen molar-refractivity contribution < 1.29 is 9.05 Å². The minimum atomic E-state index is 0.317. The molecule has 2 aromatic heterocycles. The van der Waals surface area contributed by atoms with Crippen LogP contribution in [0.5, 0.6) is 0 Å². The highest BCUT2D eigenvalue weighted by Gasteiger charge is 2.25. The fourth-order valence-electron chi connectivity index (χ4n) is 3.25. The lowest BCUT2D eigenvalue weighted by atomic mass is 9.98. The van der Waals surface area contributed by atoms with E-state index < -0.39 is 0 Å². The van der Waals surface area contributed by atoms with Crippen LogP contribution in [0.15, 0.2) is 39.4 Å². The molecule has 1 atom stereocenters. The minimum absolute atomic E-state index is 0.317. The van der Waals surface area contributed by atoms with Crippen LogP contribution in [0.3, 0.4) is 0 Å². The summed E-state index contributed by atoms with van der Waals surface area (Å²) in [6, 6.07) is 9.88. The molecule has 1 fully saturated rings. The highest BCUT2D eigenvalue weighted by Crippen LogP contribution is 2.25. The summed E-state index contributed by atoms with van der Waals surface area (Å²) in [4.78, 5) is 11.3. The molecule has 3 aromatic rings. The average molecular weight is 339 g/mol. The topological polar surface area (TPSA) is 81.1 Å². The molecule has 1 aliphatic rings. The van der Waals surface area contributed by atoms with Gasteiger partial charge in [0.15, 0.2) is 5.82 Å². The third kappa shape index (κ3) is 3.76. The van der Waals surface area contributed by atoms with E-state index in [1.165, 1.54) is 0 Å². The first-order valence-corrected chi connectivity index (χ1v) is 8.68. The minimum Gasteiger partial charge on any atom is -0.339 e.